The number of benzene rings is 3. The Bertz CT molecular complexity index is 3960. The molecule has 9 N–H and O–H groups in total. The fourth-order valence-corrected chi connectivity index (χ4v) is 15.0. The molecule has 3 aliphatic carbocycles. The molecule has 2 heterocycles. The number of anilines is 1. The van der Waals surface area contributed by atoms with Crippen molar-refractivity contribution in [2.75, 3.05) is 45.7 Å². The van der Waals surface area contributed by atoms with Gasteiger partial charge in [0, 0.05) is 77.4 Å². The maximum absolute atomic E-state index is 16.0. The number of hydrogen-bond acceptors (Lipinski definition) is 24. The molecule has 2 bridgehead atoms. The summed E-state index contributed by atoms with van der Waals surface area (Å²) in [5.74, 6) is -9.64. The van der Waals surface area contributed by atoms with E-state index < -0.39 is 191 Å². The SMILES string of the molecule is CC(=O)O[C@H]1C(=O)[C@@]2(C)[C@H]([C@H](OC(=O)c3ccccc3)[C@]3(O)C[C@H](OC(=O)[C@H](OC(=O)N(C)CCN(C)C(=O)OCc4ccc(NC(=O)[C@H](CCCNC(N)=O)NC(=O)[C@@H](NC(=O)C5CCC(C(=O)C(C)C)O5)C(C)C)cc4)[C@@H](NC(=O)OC(C)(C)C)c4ccccc4)C(C)=C1C3(C)C)[C@]1(OC(C)=O)CO[C@@H]1C[C@@H]2O. The number of nitrogens with zero attached hydrogens (tertiary/aromatic N) is 2. The molecule has 0 radical (unpaired) electrons. The third-order valence-corrected chi connectivity index (χ3v) is 21.1. The molecule has 4 fully saturated rings. The highest BCUT2D eigenvalue weighted by molar-refractivity contribution is 5.99. The van der Waals surface area contributed by atoms with Gasteiger partial charge >= 0.3 is 48.2 Å². The number of amides is 8. The van der Waals surface area contributed by atoms with E-state index >= 15 is 9.59 Å². The molecule has 600 valence electrons. The monoisotopic (exact) mass is 1540 g/mol. The standard InChI is InChI=1S/C78H104N8O24/c1-41(2)57(83-66(93)52-33-32-51(105-52)59(90)42(3)4)67(94)82-50(27-22-34-80-70(79)97)65(92)81-49-30-28-46(29-31-49)39-102-72(99)85(14)35-36-86(15)73(100)107-61(58(47-23-18-16-19-24-47)84-71(98)110-74(8,9)10)69(96)106-53-38-78(101)64(108-68(95)48-25-20-17-21-26-48)62-76(13,54(89)37-55-77(62,40-103-55)109-45(7)88)63(91)60(104-44(6)87)56(43(53)5)75(78,11)12/h16-21,23-26,28-31,41-42,50-55,57-58,60-62,64,89,101H,22,27,32-40H2,1-15H3,(H,81,92)(H,82,94)(H,83,93)(H,84,98)(H3,79,80,97)/t50-,51?,52?,53-,54-,55+,57-,58-,60+,61+,62-,64-,76+,77-,78+/m0/s1. The number of nitrogens with one attached hydrogen (secondary N) is 5. The van der Waals surface area contributed by atoms with Crippen LogP contribution in [0.2, 0.25) is 0 Å². The molecule has 8 rings (SSSR count). The Morgan fingerprint density at radius 3 is 1.95 bits per heavy atom. The number of urea groups is 1. The quantitative estimate of drug-likeness (QED) is 0.0180. The van der Waals surface area contributed by atoms with E-state index in [2.05, 4.69) is 26.6 Å². The van der Waals surface area contributed by atoms with E-state index in [0.29, 0.717) is 12.0 Å². The van der Waals surface area contributed by atoms with Crippen LogP contribution in [-0.4, -0.2) is 216 Å². The highest BCUT2D eigenvalue weighted by Gasteiger charge is 2.78. The van der Waals surface area contributed by atoms with Crippen molar-refractivity contribution >= 4 is 83.2 Å². The van der Waals surface area contributed by atoms with Gasteiger partial charge in [-0.2, -0.15) is 0 Å². The molecular weight excluding hydrogens is 1430 g/mol. The topological polar surface area (TPSA) is 438 Å². The number of nitrogens with two attached hydrogens (primary N) is 1. The van der Waals surface area contributed by atoms with Crippen LogP contribution in [0.5, 0.6) is 0 Å². The molecule has 5 aliphatic rings. The van der Waals surface area contributed by atoms with Crippen LogP contribution in [-0.2, 0) is 87.6 Å². The number of ketones is 2. The number of primary amides is 1. The fraction of sp³-hybridized carbons (Fsp3) is 0.577. The van der Waals surface area contributed by atoms with Gasteiger partial charge in [-0.25, -0.2) is 28.8 Å². The van der Waals surface area contributed by atoms with E-state index in [1.54, 1.807) is 97.0 Å². The van der Waals surface area contributed by atoms with Crippen molar-refractivity contribution in [3.8, 4) is 0 Å². The first-order chi connectivity index (χ1) is 51.5. The number of carbonyl (C=O) groups is 13. The Balaban J connectivity index is 1.01. The molecule has 110 heavy (non-hydrogen) atoms. The summed E-state index contributed by atoms with van der Waals surface area (Å²) in [5, 5.41) is 39.8. The van der Waals surface area contributed by atoms with Crippen LogP contribution in [0.3, 0.4) is 0 Å². The molecular formula is C78H104N8O24. The van der Waals surface area contributed by atoms with Gasteiger partial charge in [-0.1, -0.05) is 102 Å². The van der Waals surface area contributed by atoms with E-state index in [1.807, 2.05) is 0 Å². The maximum Gasteiger partial charge on any atom is 0.410 e. The lowest BCUT2D eigenvalue weighted by Crippen LogP contribution is -2.82. The van der Waals surface area contributed by atoms with Crippen LogP contribution in [0.1, 0.15) is 156 Å². The first-order valence-electron chi connectivity index (χ1n) is 36.7. The van der Waals surface area contributed by atoms with Crippen molar-refractivity contribution in [2.45, 2.75) is 219 Å². The molecule has 3 aromatic rings. The molecule has 8 amide bonds. The van der Waals surface area contributed by atoms with Gasteiger partial charge in [0.25, 0.3) is 0 Å². The molecule has 3 aromatic carbocycles. The molecule has 32 heteroatoms. The van der Waals surface area contributed by atoms with Crippen molar-refractivity contribution in [2.24, 2.45) is 34.3 Å². The second kappa shape index (κ2) is 35.3. The zero-order valence-corrected chi connectivity index (χ0v) is 64.8. The van der Waals surface area contributed by atoms with E-state index in [1.165, 1.54) is 78.2 Å². The van der Waals surface area contributed by atoms with Gasteiger partial charge < -0.3 is 95.0 Å². The average molecular weight is 1540 g/mol. The number of Topliss-reactive ketones (excluding diaryl/α,β-unsaturated/α-hetero) is 2. The molecule has 0 aromatic heterocycles. The second-order valence-electron chi connectivity index (χ2n) is 31.1. The molecule has 15 atom stereocenters. The normalized spacial score (nSPS) is 25.6. The summed E-state index contributed by atoms with van der Waals surface area (Å²) in [6.45, 7) is 18.5. The number of carbonyl (C=O) groups excluding carboxylic acids is 13. The van der Waals surface area contributed by atoms with Crippen LogP contribution in [0.4, 0.5) is 24.9 Å². The van der Waals surface area contributed by atoms with Crippen molar-refractivity contribution < 1.29 is 115 Å². The highest BCUT2D eigenvalue weighted by atomic mass is 16.6. The molecule has 0 spiro atoms. The number of rotatable bonds is 28. The Labute approximate surface area is 638 Å². The van der Waals surface area contributed by atoms with E-state index in [0.717, 1.165) is 23.6 Å². The number of aliphatic hydroxyl groups is 2. The summed E-state index contributed by atoms with van der Waals surface area (Å²) in [5.41, 5.74) is -3.52. The van der Waals surface area contributed by atoms with Crippen LogP contribution < -0.4 is 32.3 Å². The predicted octanol–water partition coefficient (Wildman–Crippen LogP) is 5.96. The Kier molecular flexibility index (Phi) is 27.5. The number of aliphatic hydroxyl groups excluding tert-OH is 1. The van der Waals surface area contributed by atoms with Crippen LogP contribution in [0, 0.1) is 28.6 Å². The third kappa shape index (κ3) is 19.4. The second-order valence-corrected chi connectivity index (χ2v) is 31.1. The van der Waals surface area contributed by atoms with Gasteiger partial charge in [0.15, 0.2) is 23.3 Å². The van der Waals surface area contributed by atoms with Crippen molar-refractivity contribution in [1.82, 2.24) is 31.1 Å². The lowest BCUT2D eigenvalue weighted by Gasteiger charge is -2.67. The summed E-state index contributed by atoms with van der Waals surface area (Å²) in [7, 11) is 2.68. The summed E-state index contributed by atoms with van der Waals surface area (Å²) in [6.07, 6.45) is -15.6. The van der Waals surface area contributed by atoms with Gasteiger partial charge in [-0.15, -0.1) is 0 Å². The zero-order valence-electron chi connectivity index (χ0n) is 64.8. The number of alkyl carbamates (subject to hydrolysis) is 1. The van der Waals surface area contributed by atoms with Gasteiger partial charge in [-0.05, 0) is 113 Å². The number of esters is 4. The average Bonchev–Trinajstić information content (AvgIpc) is 0.690. The van der Waals surface area contributed by atoms with E-state index in [-0.39, 0.29) is 91.6 Å². The smallest absolute Gasteiger partial charge is 0.410 e. The number of ether oxygens (including phenoxy) is 9. The first kappa shape index (κ1) is 85.6. The van der Waals surface area contributed by atoms with Crippen molar-refractivity contribution in [3.05, 3.63) is 113 Å². The Hall–Kier alpha value is -10.1. The van der Waals surface area contributed by atoms with Crippen LogP contribution in [0.25, 0.3) is 0 Å². The molecule has 2 unspecified atom stereocenters. The lowest BCUT2D eigenvalue weighted by molar-refractivity contribution is -0.346. The predicted molar refractivity (Wildman–Crippen MR) is 391 cm³/mol. The van der Waals surface area contributed by atoms with Gasteiger partial charge in [0.1, 0.15) is 66.5 Å². The molecule has 2 saturated heterocycles. The molecule has 32 nitrogen and oxygen atoms in total. The summed E-state index contributed by atoms with van der Waals surface area (Å²) >= 11 is 0. The van der Waals surface area contributed by atoms with Gasteiger partial charge in [0.2, 0.25) is 23.8 Å². The zero-order chi connectivity index (χ0) is 81.3. The minimum atomic E-state index is -2.58. The minimum absolute atomic E-state index is 0.0110. The molecule has 2 saturated carbocycles. The Morgan fingerprint density at radius 2 is 1.38 bits per heavy atom. The lowest BCUT2D eigenvalue weighted by atomic mass is 9.44. The largest absolute Gasteiger partial charge is 0.455 e. The van der Waals surface area contributed by atoms with Gasteiger partial charge in [-0.3, -0.25) is 33.6 Å². The Morgan fingerprint density at radius 1 is 0.764 bits per heavy atom. The number of hydrogen-bond donors (Lipinski definition) is 8. The van der Waals surface area contributed by atoms with Gasteiger partial charge in [0.05, 0.1) is 29.6 Å². The van der Waals surface area contributed by atoms with Crippen molar-refractivity contribution in [3.63, 3.8) is 0 Å². The first-order valence-corrected chi connectivity index (χ1v) is 36.7. The summed E-state index contributed by atoms with van der Waals surface area (Å²) < 4.78 is 54.2. The summed E-state index contributed by atoms with van der Waals surface area (Å²) in [4.78, 5) is 183. The van der Waals surface area contributed by atoms with Crippen LogP contribution >= 0.6 is 0 Å². The van der Waals surface area contributed by atoms with E-state index in [9.17, 15) is 63.0 Å². The minimum Gasteiger partial charge on any atom is -0.455 e. The van der Waals surface area contributed by atoms with Crippen molar-refractivity contribution in [1.29, 1.82) is 0 Å². The highest BCUT2D eigenvalue weighted by Crippen LogP contribution is 2.64. The third-order valence-electron chi connectivity index (χ3n) is 21.1. The summed E-state index contributed by atoms with van der Waals surface area (Å²) in [6, 6.07) is 17.0. The number of fused-ring (bicyclic) bond motifs is 5. The fourth-order valence-electron chi connectivity index (χ4n) is 15.0. The van der Waals surface area contributed by atoms with E-state index in [4.69, 9.17) is 48.4 Å². The number of likely N-dealkylation sites (N-methyl/N-ethyl adjacent to an activating group) is 2. The van der Waals surface area contributed by atoms with Crippen LogP contribution in [0.15, 0.2) is 96.1 Å². The molecule has 2 aliphatic heterocycles. The maximum atomic E-state index is 16.0.